The standard InChI is InChI=1S/C15H20FN3S/c1-10-4-5-12(6-14(10)16)15(7-17)19(3)8-13-9-20-11(2)18-13/h4-6,9,15H,7-8,17H2,1-3H3. The molecule has 0 radical (unpaired) electrons. The van der Waals surface area contributed by atoms with Crippen LogP contribution in [0.1, 0.15) is 27.9 Å². The van der Waals surface area contributed by atoms with Gasteiger partial charge in [0.2, 0.25) is 0 Å². The van der Waals surface area contributed by atoms with Gasteiger partial charge in [-0.15, -0.1) is 11.3 Å². The third kappa shape index (κ3) is 3.42. The number of nitrogens with two attached hydrogens (primary N) is 1. The van der Waals surface area contributed by atoms with Gasteiger partial charge in [-0.25, -0.2) is 9.37 Å². The van der Waals surface area contributed by atoms with Crippen LogP contribution >= 0.6 is 11.3 Å². The average Bonchev–Trinajstić information content (AvgIpc) is 2.80. The normalized spacial score (nSPS) is 12.9. The highest BCUT2D eigenvalue weighted by Crippen LogP contribution is 2.22. The summed E-state index contributed by atoms with van der Waals surface area (Å²) in [4.78, 5) is 6.56. The third-order valence-electron chi connectivity index (χ3n) is 3.41. The number of hydrogen-bond acceptors (Lipinski definition) is 4. The fraction of sp³-hybridized carbons (Fsp3) is 0.400. The van der Waals surface area contributed by atoms with Gasteiger partial charge < -0.3 is 5.73 Å². The fourth-order valence-electron chi connectivity index (χ4n) is 2.23. The van der Waals surface area contributed by atoms with E-state index in [0.717, 1.165) is 16.3 Å². The lowest BCUT2D eigenvalue weighted by atomic mass is 10.0. The van der Waals surface area contributed by atoms with E-state index in [2.05, 4.69) is 15.3 Å². The Morgan fingerprint density at radius 1 is 1.40 bits per heavy atom. The lowest BCUT2D eigenvalue weighted by Gasteiger charge is -2.27. The van der Waals surface area contributed by atoms with Crippen molar-refractivity contribution in [1.82, 2.24) is 9.88 Å². The second-order valence-electron chi connectivity index (χ2n) is 5.03. The van der Waals surface area contributed by atoms with Crippen LogP contribution in [0.25, 0.3) is 0 Å². The summed E-state index contributed by atoms with van der Waals surface area (Å²) in [7, 11) is 1.99. The van der Waals surface area contributed by atoms with Gasteiger partial charge in [0.1, 0.15) is 5.82 Å². The van der Waals surface area contributed by atoms with Crippen LogP contribution in [-0.4, -0.2) is 23.5 Å². The summed E-state index contributed by atoms with van der Waals surface area (Å²) in [6.45, 7) is 4.91. The monoisotopic (exact) mass is 293 g/mol. The van der Waals surface area contributed by atoms with Crippen molar-refractivity contribution in [3.05, 3.63) is 51.2 Å². The van der Waals surface area contributed by atoms with Crippen LogP contribution in [0.5, 0.6) is 0 Å². The van der Waals surface area contributed by atoms with Gasteiger partial charge in [0.15, 0.2) is 0 Å². The van der Waals surface area contributed by atoms with E-state index in [1.807, 2.05) is 20.0 Å². The maximum Gasteiger partial charge on any atom is 0.126 e. The van der Waals surface area contributed by atoms with Crippen molar-refractivity contribution < 1.29 is 4.39 Å². The van der Waals surface area contributed by atoms with Crippen molar-refractivity contribution in [2.24, 2.45) is 5.73 Å². The van der Waals surface area contributed by atoms with Crippen LogP contribution in [0.3, 0.4) is 0 Å². The second-order valence-corrected chi connectivity index (χ2v) is 6.10. The summed E-state index contributed by atoms with van der Waals surface area (Å²) in [6, 6.07) is 5.31. The highest BCUT2D eigenvalue weighted by Gasteiger charge is 2.17. The number of thiazole rings is 1. The summed E-state index contributed by atoms with van der Waals surface area (Å²) < 4.78 is 13.7. The van der Waals surface area contributed by atoms with Crippen LogP contribution in [0.2, 0.25) is 0 Å². The Balaban J connectivity index is 2.16. The van der Waals surface area contributed by atoms with Crippen molar-refractivity contribution in [2.45, 2.75) is 26.4 Å². The van der Waals surface area contributed by atoms with E-state index >= 15 is 0 Å². The quantitative estimate of drug-likeness (QED) is 0.921. The maximum atomic E-state index is 13.7. The van der Waals surface area contributed by atoms with Gasteiger partial charge in [0.25, 0.3) is 0 Å². The molecule has 0 aliphatic heterocycles. The molecule has 1 atom stereocenters. The molecule has 108 valence electrons. The lowest BCUT2D eigenvalue weighted by Crippen LogP contribution is -2.30. The van der Waals surface area contributed by atoms with Gasteiger partial charge in [-0.2, -0.15) is 0 Å². The minimum atomic E-state index is -0.182. The van der Waals surface area contributed by atoms with Gasteiger partial charge in [0, 0.05) is 24.5 Å². The van der Waals surface area contributed by atoms with Crippen molar-refractivity contribution in [3.8, 4) is 0 Å². The Morgan fingerprint density at radius 2 is 2.15 bits per heavy atom. The first kappa shape index (κ1) is 15.1. The third-order valence-corrected chi connectivity index (χ3v) is 4.24. The SMILES string of the molecule is Cc1nc(CN(C)C(CN)c2ccc(C)c(F)c2)cs1. The summed E-state index contributed by atoms with van der Waals surface area (Å²) in [5.41, 5.74) is 8.46. The first-order chi connectivity index (χ1) is 9.51. The van der Waals surface area contributed by atoms with Gasteiger partial charge >= 0.3 is 0 Å². The molecule has 20 heavy (non-hydrogen) atoms. The molecule has 0 bridgehead atoms. The van der Waals surface area contributed by atoms with Crippen LogP contribution in [-0.2, 0) is 6.54 Å². The zero-order valence-electron chi connectivity index (χ0n) is 12.1. The fourth-order valence-corrected chi connectivity index (χ4v) is 2.84. The van der Waals surface area contributed by atoms with Gasteiger partial charge in [-0.1, -0.05) is 12.1 Å². The number of rotatable bonds is 5. The highest BCUT2D eigenvalue weighted by atomic mass is 32.1. The van der Waals surface area contributed by atoms with Crippen molar-refractivity contribution >= 4 is 11.3 Å². The smallest absolute Gasteiger partial charge is 0.126 e. The predicted molar refractivity (Wildman–Crippen MR) is 81.3 cm³/mol. The predicted octanol–water partition coefficient (Wildman–Crippen LogP) is 3.03. The van der Waals surface area contributed by atoms with Crippen LogP contribution in [0, 0.1) is 19.7 Å². The van der Waals surface area contributed by atoms with Crippen molar-refractivity contribution in [1.29, 1.82) is 0 Å². The molecule has 0 aliphatic rings. The number of aromatic nitrogens is 1. The molecule has 2 rings (SSSR count). The Hall–Kier alpha value is -1.30. The molecule has 1 heterocycles. The van der Waals surface area contributed by atoms with E-state index in [0.29, 0.717) is 18.7 Å². The minimum absolute atomic E-state index is 0.00731. The number of likely N-dealkylation sites (N-methyl/N-ethyl adjacent to an activating group) is 1. The van der Waals surface area contributed by atoms with E-state index in [1.54, 1.807) is 30.4 Å². The van der Waals surface area contributed by atoms with Gasteiger partial charge in [-0.3, -0.25) is 4.90 Å². The summed E-state index contributed by atoms with van der Waals surface area (Å²) >= 11 is 1.64. The van der Waals surface area contributed by atoms with Gasteiger partial charge in [-0.05, 0) is 38.1 Å². The number of benzene rings is 1. The van der Waals surface area contributed by atoms with E-state index in [4.69, 9.17) is 5.73 Å². The molecule has 0 fully saturated rings. The largest absolute Gasteiger partial charge is 0.329 e. The number of aryl methyl sites for hydroxylation is 2. The first-order valence-corrected chi connectivity index (χ1v) is 7.46. The first-order valence-electron chi connectivity index (χ1n) is 6.58. The molecular weight excluding hydrogens is 273 g/mol. The molecule has 5 heteroatoms. The number of hydrogen-bond donors (Lipinski definition) is 1. The van der Waals surface area contributed by atoms with Crippen molar-refractivity contribution in [3.63, 3.8) is 0 Å². The maximum absolute atomic E-state index is 13.7. The molecule has 0 spiro atoms. The average molecular weight is 293 g/mol. The van der Waals surface area contributed by atoms with Crippen LogP contribution in [0.4, 0.5) is 4.39 Å². The molecule has 1 aromatic heterocycles. The summed E-state index contributed by atoms with van der Waals surface area (Å²) in [5, 5.41) is 3.11. The van der Waals surface area contributed by atoms with E-state index in [1.165, 1.54) is 0 Å². The number of halogens is 1. The summed E-state index contributed by atoms with van der Waals surface area (Å²) in [5.74, 6) is -0.182. The Morgan fingerprint density at radius 3 is 2.70 bits per heavy atom. The molecule has 0 aliphatic carbocycles. The molecule has 0 amide bonds. The molecule has 0 saturated carbocycles. The highest BCUT2D eigenvalue weighted by molar-refractivity contribution is 7.09. The zero-order chi connectivity index (χ0) is 14.7. The molecule has 0 saturated heterocycles. The molecule has 2 N–H and O–H groups in total. The molecule has 2 aromatic rings. The lowest BCUT2D eigenvalue weighted by molar-refractivity contribution is 0.239. The topological polar surface area (TPSA) is 42.2 Å². The van der Waals surface area contributed by atoms with E-state index < -0.39 is 0 Å². The minimum Gasteiger partial charge on any atom is -0.329 e. The Kier molecular flexibility index (Phi) is 4.86. The molecule has 1 unspecified atom stereocenters. The number of nitrogens with zero attached hydrogens (tertiary/aromatic N) is 2. The molecule has 3 nitrogen and oxygen atoms in total. The Bertz CT molecular complexity index is 582. The van der Waals surface area contributed by atoms with Gasteiger partial charge in [0.05, 0.1) is 10.7 Å². The molecular formula is C15H20FN3S. The van der Waals surface area contributed by atoms with E-state index in [9.17, 15) is 4.39 Å². The van der Waals surface area contributed by atoms with E-state index in [-0.39, 0.29) is 11.9 Å². The second kappa shape index (κ2) is 6.43. The van der Waals surface area contributed by atoms with Crippen LogP contribution in [0.15, 0.2) is 23.6 Å². The summed E-state index contributed by atoms with van der Waals surface area (Å²) in [6.07, 6.45) is 0. The molecule has 1 aromatic carbocycles. The van der Waals surface area contributed by atoms with Crippen LogP contribution < -0.4 is 5.73 Å². The zero-order valence-corrected chi connectivity index (χ0v) is 12.9. The Labute approximate surface area is 123 Å². The van der Waals surface area contributed by atoms with Crippen molar-refractivity contribution in [2.75, 3.05) is 13.6 Å².